The Balaban J connectivity index is -0.00000192. The van der Waals surface area contributed by atoms with Gasteiger partial charge in [0.15, 0.2) is 0 Å². The Bertz CT molecular complexity index is 549. The van der Waals surface area contributed by atoms with E-state index in [4.69, 9.17) is 0 Å². The van der Waals surface area contributed by atoms with Gasteiger partial charge in [-0.25, -0.2) is 0 Å². The molecule has 0 amide bonds. The minimum absolute atomic E-state index is 0. The fourth-order valence-corrected chi connectivity index (χ4v) is 3.60. The van der Waals surface area contributed by atoms with E-state index >= 15 is 0 Å². The van der Waals surface area contributed by atoms with Gasteiger partial charge in [0.2, 0.25) is 0 Å². The zero-order chi connectivity index (χ0) is 19.1. The van der Waals surface area contributed by atoms with Crippen molar-refractivity contribution in [3.05, 3.63) is 0 Å². The van der Waals surface area contributed by atoms with E-state index in [-0.39, 0.29) is 69.2 Å². The third-order valence-corrected chi connectivity index (χ3v) is 4.28. The van der Waals surface area contributed by atoms with Crippen molar-refractivity contribution in [2.75, 3.05) is 0 Å². The molecular formula is C6H9Mg3O15P3. The number of hydrogen-bond donors (Lipinski definition) is 3. The predicted octanol–water partition coefficient (Wildman–Crippen LogP) is -8.42. The molecule has 3 N–H and O–H groups in total. The first kappa shape index (κ1) is 34.1. The van der Waals surface area contributed by atoms with Gasteiger partial charge >= 0.3 is 69.2 Å². The maximum absolute atomic E-state index is 10.7. The molecule has 1 aliphatic carbocycles. The third kappa shape index (κ3) is 11.6. The normalized spacial score (nSPS) is 31.9. The Hall–Kier alpha value is 2.51. The second kappa shape index (κ2) is 12.5. The average molecular weight is 487 g/mol. The molecule has 1 saturated carbocycles. The molecule has 0 spiro atoms. The first-order valence-electron chi connectivity index (χ1n) is 5.67. The van der Waals surface area contributed by atoms with Gasteiger partial charge in [0.05, 0.1) is 23.5 Å². The van der Waals surface area contributed by atoms with Crippen molar-refractivity contribution in [1.82, 2.24) is 0 Å². The van der Waals surface area contributed by atoms with E-state index in [9.17, 15) is 58.4 Å². The fourth-order valence-electron chi connectivity index (χ4n) is 1.98. The number of aliphatic hydroxyl groups is 3. The van der Waals surface area contributed by atoms with Gasteiger partial charge in [-0.15, -0.1) is 0 Å². The second-order valence-electron chi connectivity index (χ2n) is 4.52. The van der Waals surface area contributed by atoms with Crippen LogP contribution in [0.15, 0.2) is 0 Å². The zero-order valence-corrected chi connectivity index (χ0v) is 20.1. The molecule has 0 aromatic rings. The Morgan fingerprint density at radius 3 is 0.963 bits per heavy atom. The summed E-state index contributed by atoms with van der Waals surface area (Å²) < 4.78 is 43.2. The van der Waals surface area contributed by atoms with E-state index in [1.54, 1.807) is 0 Å². The van der Waals surface area contributed by atoms with Crippen LogP contribution in [0.25, 0.3) is 0 Å². The van der Waals surface area contributed by atoms with Gasteiger partial charge in [0, 0.05) is 0 Å². The summed E-state index contributed by atoms with van der Waals surface area (Å²) in [6.45, 7) is 0. The van der Waals surface area contributed by atoms with Crippen molar-refractivity contribution in [2.45, 2.75) is 36.6 Å². The van der Waals surface area contributed by atoms with Gasteiger partial charge in [-0.3, -0.25) is 0 Å². The Morgan fingerprint density at radius 1 is 0.519 bits per heavy atom. The molecular weight excluding hydrogens is 478 g/mol. The molecule has 0 radical (unpaired) electrons. The maximum atomic E-state index is 10.7. The van der Waals surface area contributed by atoms with Crippen LogP contribution in [-0.2, 0) is 27.3 Å². The minimum Gasteiger partial charge on any atom is -0.790 e. The predicted molar refractivity (Wildman–Crippen MR) is 72.7 cm³/mol. The smallest absolute Gasteiger partial charge is 0.790 e. The fraction of sp³-hybridized carbons (Fsp3) is 1.00. The van der Waals surface area contributed by atoms with Gasteiger partial charge in [-0.05, 0) is 0 Å². The van der Waals surface area contributed by atoms with Crippen molar-refractivity contribution in [2.24, 2.45) is 0 Å². The van der Waals surface area contributed by atoms with Crippen LogP contribution in [0, 0.1) is 0 Å². The minimum atomic E-state index is -6.06. The van der Waals surface area contributed by atoms with Crippen molar-refractivity contribution in [3.8, 4) is 0 Å². The van der Waals surface area contributed by atoms with Crippen LogP contribution in [0.3, 0.4) is 0 Å². The molecule has 1 rings (SSSR count). The van der Waals surface area contributed by atoms with Gasteiger partial charge in [0.1, 0.15) is 36.6 Å². The molecule has 0 heterocycles. The standard InChI is InChI=1S/C6H15O15P3.3Mg/c7-1-2(8)4(19-22(10,11)12)6(21-24(16,17)18)5(3(1)9)20-23(13,14)15;;;/h1-9H,(H2,10,11,12)(H2,13,14,15)(H2,16,17,18);;;/q;3*+2/p-6/t1?,2-,3-,4-,5+,6?;;;/m1.../s1. The molecule has 21 heteroatoms. The molecule has 0 aliphatic heterocycles. The number of phosphoric ester groups is 3. The summed E-state index contributed by atoms with van der Waals surface area (Å²) in [5, 5.41) is 28.6. The van der Waals surface area contributed by atoms with E-state index in [0.717, 1.165) is 0 Å². The summed E-state index contributed by atoms with van der Waals surface area (Å²) in [7, 11) is -18.1. The summed E-state index contributed by atoms with van der Waals surface area (Å²) >= 11 is 0. The first-order valence-corrected chi connectivity index (χ1v) is 10.1. The number of phosphoric acid groups is 3. The van der Waals surface area contributed by atoms with E-state index in [1.165, 1.54) is 0 Å². The molecule has 0 aromatic carbocycles. The van der Waals surface area contributed by atoms with Crippen LogP contribution in [-0.4, -0.2) is 121 Å². The molecule has 0 saturated heterocycles. The van der Waals surface area contributed by atoms with Crippen LogP contribution >= 0.6 is 23.5 Å². The monoisotopic (exact) mass is 486 g/mol. The summed E-state index contributed by atoms with van der Waals surface area (Å²) in [6, 6.07) is 0. The molecule has 0 bridgehead atoms. The Morgan fingerprint density at radius 2 is 0.741 bits per heavy atom. The van der Waals surface area contributed by atoms with Crippen LogP contribution in [0.4, 0.5) is 0 Å². The third-order valence-electron chi connectivity index (χ3n) is 2.77. The van der Waals surface area contributed by atoms with Crippen LogP contribution in [0.5, 0.6) is 0 Å². The molecule has 0 aromatic heterocycles. The summed E-state index contributed by atoms with van der Waals surface area (Å²) in [4.78, 5) is 63.9. The molecule has 1 aliphatic rings. The van der Waals surface area contributed by atoms with E-state index < -0.39 is 60.1 Å². The number of aliphatic hydroxyl groups excluding tert-OH is 3. The maximum Gasteiger partial charge on any atom is 2.00 e. The van der Waals surface area contributed by atoms with Crippen LogP contribution in [0.2, 0.25) is 0 Å². The van der Waals surface area contributed by atoms with E-state index in [0.29, 0.717) is 0 Å². The Labute approximate surface area is 200 Å². The van der Waals surface area contributed by atoms with Crippen LogP contribution in [0.1, 0.15) is 0 Å². The number of rotatable bonds is 6. The summed E-state index contributed by atoms with van der Waals surface area (Å²) in [5.74, 6) is 0. The largest absolute Gasteiger partial charge is 2.00 e. The van der Waals surface area contributed by atoms with Gasteiger partial charge in [0.25, 0.3) is 0 Å². The Kier molecular flexibility index (Phi) is 15.8. The molecule has 15 nitrogen and oxygen atoms in total. The molecule has 144 valence electrons. The van der Waals surface area contributed by atoms with Crippen molar-refractivity contribution in [1.29, 1.82) is 0 Å². The van der Waals surface area contributed by atoms with E-state index in [1.807, 2.05) is 0 Å². The number of hydrogen-bond acceptors (Lipinski definition) is 15. The van der Waals surface area contributed by atoms with Gasteiger partial charge in [-0.1, -0.05) is 0 Å². The van der Waals surface area contributed by atoms with E-state index in [2.05, 4.69) is 13.6 Å². The molecule has 2 unspecified atom stereocenters. The SMILES string of the molecule is O=P([O-])([O-])OC1[C@@H](OP(=O)([O-])[O-])[C@H](O)C(O)[C@@H](O)[C@H]1OP(=O)([O-])[O-].[Mg+2].[Mg+2].[Mg+2]. The topological polar surface area (TPSA) is 278 Å². The first-order chi connectivity index (χ1) is 10.5. The van der Waals surface area contributed by atoms with Crippen molar-refractivity contribution in [3.63, 3.8) is 0 Å². The quantitative estimate of drug-likeness (QED) is 0.232. The molecule has 27 heavy (non-hydrogen) atoms. The van der Waals surface area contributed by atoms with Gasteiger partial charge in [-0.2, -0.15) is 0 Å². The zero-order valence-electron chi connectivity index (χ0n) is 13.2. The summed E-state index contributed by atoms with van der Waals surface area (Å²) in [5.41, 5.74) is 0. The molecule has 6 atom stereocenters. The summed E-state index contributed by atoms with van der Waals surface area (Å²) in [6.07, 6.45) is -15.7. The second-order valence-corrected chi connectivity index (χ2v) is 7.84. The van der Waals surface area contributed by atoms with Crippen molar-refractivity contribution < 1.29 is 71.9 Å². The van der Waals surface area contributed by atoms with Crippen LogP contribution < -0.4 is 29.4 Å². The molecule has 1 fully saturated rings. The average Bonchev–Trinajstić information content (AvgIpc) is 2.32. The van der Waals surface area contributed by atoms with Gasteiger partial charge < -0.3 is 71.9 Å². The van der Waals surface area contributed by atoms with Crippen molar-refractivity contribution >= 4 is 92.6 Å².